The van der Waals surface area contributed by atoms with Crippen LogP contribution in [-0.2, 0) is 7.48 Å². The Balaban J connectivity index is 3.37. The van der Waals surface area contributed by atoms with Crippen LogP contribution in [0.3, 0.4) is 0 Å². The maximum absolute atomic E-state index is 10.3. The summed E-state index contributed by atoms with van der Waals surface area (Å²) in [5.74, 6) is -0.241. The molecule has 0 saturated carbocycles. The van der Waals surface area contributed by atoms with Gasteiger partial charge in [-0.2, -0.15) is 0 Å². The maximum atomic E-state index is 10.3. The topological polar surface area (TPSA) is 26.3 Å². The van der Waals surface area contributed by atoms with Crippen LogP contribution in [0.5, 0.6) is 0 Å². The van der Waals surface area contributed by atoms with Gasteiger partial charge in [0.15, 0.2) is 0 Å². The molecule has 0 aliphatic rings. The summed E-state index contributed by atoms with van der Waals surface area (Å²) >= 11 is 3.42. The van der Waals surface area contributed by atoms with Crippen molar-refractivity contribution in [1.82, 2.24) is 0 Å². The van der Waals surface area contributed by atoms with Gasteiger partial charge in [-0.25, -0.2) is 0 Å². The molecule has 0 aliphatic carbocycles. The van der Waals surface area contributed by atoms with Crippen molar-refractivity contribution >= 4 is 48.1 Å². The van der Waals surface area contributed by atoms with E-state index in [9.17, 15) is 4.79 Å². The van der Waals surface area contributed by atoms with Crippen LogP contribution >= 0.6 is 15.9 Å². The Labute approximate surface area is 72.8 Å². The zero-order chi connectivity index (χ0) is 6.41. The first-order valence-corrected chi connectivity index (χ1v) is 4.90. The Kier molecular flexibility index (Phi) is 6.18. The molecule has 0 saturated heterocycles. The van der Waals surface area contributed by atoms with Crippen molar-refractivity contribution in [3.05, 3.63) is 12.2 Å². The van der Waals surface area contributed by atoms with E-state index in [0.29, 0.717) is 31.5 Å². The molecule has 0 radical (unpaired) electrons. The van der Waals surface area contributed by atoms with E-state index in [1.165, 1.54) is 6.08 Å². The molecule has 0 aromatic heterocycles. The van der Waals surface area contributed by atoms with E-state index in [-0.39, 0.29) is 5.97 Å². The third kappa shape index (κ3) is 4.76. The Hall–Kier alpha value is 0.612. The van der Waals surface area contributed by atoms with Crippen LogP contribution < -0.4 is 0 Å². The van der Waals surface area contributed by atoms with Crippen molar-refractivity contribution in [1.29, 1.82) is 0 Å². The van der Waals surface area contributed by atoms with E-state index in [2.05, 4.69) is 18.6 Å². The second-order valence-electron chi connectivity index (χ2n) is 0.994. The van der Waals surface area contributed by atoms with Gasteiger partial charge in [0, 0.05) is 0 Å². The second-order valence-corrected chi connectivity index (χ2v) is 2.56. The van der Waals surface area contributed by atoms with Gasteiger partial charge in [-0.1, -0.05) is 0 Å². The van der Waals surface area contributed by atoms with Gasteiger partial charge in [-0.15, -0.1) is 0 Å². The van der Waals surface area contributed by atoms with Gasteiger partial charge in [-0.05, 0) is 0 Å². The summed E-state index contributed by atoms with van der Waals surface area (Å²) in [6.45, 7) is 0. The zero-order valence-corrected chi connectivity index (χ0v) is 10.2. The standard InChI is InChI=1S/C4H5BrO2.Tl/c5-3-1-2-4(6)7;/h1-2H,3H2,(H,6,7);/q;+1/p-1/b2-1+;. The fraction of sp³-hybridized carbons (Fsp3) is 0.250. The van der Waals surface area contributed by atoms with Crippen molar-refractivity contribution in [3.8, 4) is 0 Å². The normalized spacial score (nSPS) is 9.50. The molecule has 0 rings (SSSR count). The molecule has 42 valence electrons. The van der Waals surface area contributed by atoms with Gasteiger partial charge in [0.2, 0.25) is 0 Å². The Bertz CT molecular complexity index is 102. The molecular formula is C4H4BrO2Tl. The molecule has 0 aromatic carbocycles. The number of rotatable bonds is 2. The minimum absolute atomic E-state index is 0.241. The van der Waals surface area contributed by atoms with Gasteiger partial charge in [0.25, 0.3) is 0 Å². The molecule has 0 heterocycles. The molecule has 0 fully saturated rings. The molecule has 0 bridgehead atoms. The molecule has 0 aromatic rings. The molecule has 0 unspecified atom stereocenters. The minimum atomic E-state index is -0.241. The Morgan fingerprint density at radius 1 is 1.88 bits per heavy atom. The van der Waals surface area contributed by atoms with Crippen LogP contribution in [0.4, 0.5) is 0 Å². The number of hydrogen-bond acceptors (Lipinski definition) is 2. The number of allylic oxidation sites excluding steroid dienone is 1. The van der Waals surface area contributed by atoms with E-state index in [1.807, 2.05) is 0 Å². The van der Waals surface area contributed by atoms with E-state index < -0.39 is 0 Å². The van der Waals surface area contributed by atoms with Crippen LogP contribution in [0.15, 0.2) is 12.2 Å². The molecule has 0 aliphatic heterocycles. The molecule has 0 atom stereocenters. The van der Waals surface area contributed by atoms with Crippen LogP contribution in [0, 0.1) is 0 Å². The first-order chi connectivity index (χ1) is 3.81. The third-order valence-corrected chi connectivity index (χ3v) is 1.74. The van der Waals surface area contributed by atoms with E-state index >= 15 is 0 Å². The first kappa shape index (κ1) is 8.61. The van der Waals surface area contributed by atoms with Crippen LogP contribution in [-0.4, -0.2) is 37.5 Å². The van der Waals surface area contributed by atoms with E-state index in [4.69, 9.17) is 0 Å². The average molecular weight is 368 g/mol. The summed E-state index contributed by atoms with van der Waals surface area (Å²) in [5.41, 5.74) is 0. The molecular weight excluding hydrogens is 364 g/mol. The Morgan fingerprint density at radius 3 is 2.88 bits per heavy atom. The van der Waals surface area contributed by atoms with Gasteiger partial charge in [-0.3, -0.25) is 0 Å². The average Bonchev–Trinajstić information content (AvgIpc) is 1.83. The first-order valence-electron chi connectivity index (χ1n) is 1.94. The van der Waals surface area contributed by atoms with Gasteiger partial charge in [0.1, 0.15) is 0 Å². The second kappa shape index (κ2) is 5.74. The van der Waals surface area contributed by atoms with Gasteiger partial charge >= 0.3 is 73.1 Å². The summed E-state index contributed by atoms with van der Waals surface area (Å²) in [5, 5.41) is 0.701. The van der Waals surface area contributed by atoms with Crippen LogP contribution in [0.2, 0.25) is 0 Å². The number of halogens is 1. The van der Waals surface area contributed by atoms with Crippen molar-refractivity contribution in [2.45, 2.75) is 0 Å². The number of carbonyl (C=O) groups excluding carboxylic acids is 1. The summed E-state index contributed by atoms with van der Waals surface area (Å²) in [4.78, 5) is 10.3. The Morgan fingerprint density at radius 2 is 2.50 bits per heavy atom. The summed E-state index contributed by atoms with van der Waals surface area (Å²) in [6, 6.07) is 0. The van der Waals surface area contributed by atoms with E-state index in [1.54, 1.807) is 6.08 Å². The fourth-order valence-corrected chi connectivity index (χ4v) is 0.672. The summed E-state index contributed by atoms with van der Waals surface area (Å²) < 4.78 is 4.47. The number of hydrogen-bond donors (Lipinski definition) is 0. The molecule has 2 nitrogen and oxygen atoms in total. The van der Waals surface area contributed by atoms with Crippen LogP contribution in [0.25, 0.3) is 0 Å². The van der Waals surface area contributed by atoms with Crippen molar-refractivity contribution in [2.75, 3.05) is 5.33 Å². The monoisotopic (exact) mass is 368 g/mol. The summed E-state index contributed by atoms with van der Waals surface area (Å²) in [6.07, 6.45) is 3.11. The van der Waals surface area contributed by atoms with Crippen LogP contribution in [0.1, 0.15) is 0 Å². The predicted octanol–water partition coefficient (Wildman–Crippen LogP) is 0.564. The van der Waals surface area contributed by atoms with Crippen molar-refractivity contribution in [2.24, 2.45) is 0 Å². The van der Waals surface area contributed by atoms with Crippen molar-refractivity contribution in [3.63, 3.8) is 0 Å². The van der Waals surface area contributed by atoms with Gasteiger partial charge < -0.3 is 0 Å². The third-order valence-electron chi connectivity index (χ3n) is 0.459. The predicted molar refractivity (Wildman–Crippen MR) is 34.8 cm³/mol. The molecule has 0 spiro atoms. The number of alkyl halides is 1. The fourth-order valence-electron chi connectivity index (χ4n) is 0.180. The molecule has 4 heteroatoms. The van der Waals surface area contributed by atoms with Gasteiger partial charge in [0.05, 0.1) is 0 Å². The quantitative estimate of drug-likeness (QED) is 0.405. The molecule has 0 N–H and O–H groups in total. The number of carbonyl (C=O) groups is 1. The SMILES string of the molecule is O=C(/C=C/CBr)[O][Tl]. The zero-order valence-electron chi connectivity index (χ0n) is 4.13. The molecule has 0 amide bonds. The van der Waals surface area contributed by atoms with E-state index in [0.717, 1.165) is 0 Å². The summed E-state index contributed by atoms with van der Waals surface area (Å²) in [7, 11) is 0. The molecule has 8 heavy (non-hydrogen) atoms. The van der Waals surface area contributed by atoms with Crippen molar-refractivity contribution < 1.29 is 7.48 Å².